The van der Waals surface area contributed by atoms with Crippen molar-refractivity contribution >= 4 is 0 Å². The third-order valence-corrected chi connectivity index (χ3v) is 1.03. The maximum Gasteiger partial charge on any atom is 0.115 e. The Kier molecular flexibility index (Phi) is 11.5. The average molecular weight is 178 g/mol. The molecule has 0 spiro atoms. The fourth-order valence-electron chi connectivity index (χ4n) is 0.545. The summed E-state index contributed by atoms with van der Waals surface area (Å²) in [4.78, 5) is 0. The van der Waals surface area contributed by atoms with Crippen LogP contribution in [0.15, 0.2) is 24.3 Å². The second-order valence-corrected chi connectivity index (χ2v) is 2.54. The summed E-state index contributed by atoms with van der Waals surface area (Å²) < 4.78 is 0. The van der Waals surface area contributed by atoms with Crippen LogP contribution in [0.4, 0.5) is 0 Å². The van der Waals surface area contributed by atoms with Crippen LogP contribution >= 0.6 is 0 Å². The number of rotatable bonds is 0. The Morgan fingerprint density at radius 1 is 1.08 bits per heavy atom. The number of aryl methyl sites for hydroxylation is 1. The van der Waals surface area contributed by atoms with Gasteiger partial charge in [-0.3, -0.25) is 0 Å². The summed E-state index contributed by atoms with van der Waals surface area (Å²) in [6.07, 6.45) is 9.25. The van der Waals surface area contributed by atoms with Gasteiger partial charge in [-0.15, -0.1) is 12.8 Å². The highest BCUT2D eigenvalue weighted by Gasteiger charge is 1.82. The van der Waals surface area contributed by atoms with Crippen molar-refractivity contribution in [2.75, 3.05) is 0 Å². The van der Waals surface area contributed by atoms with E-state index in [1.165, 1.54) is 12.0 Å². The van der Waals surface area contributed by atoms with Gasteiger partial charge in [0.05, 0.1) is 0 Å². The van der Waals surface area contributed by atoms with Crippen molar-refractivity contribution in [2.24, 2.45) is 0 Å². The van der Waals surface area contributed by atoms with Crippen LogP contribution in [0.1, 0.15) is 25.8 Å². The summed E-state index contributed by atoms with van der Waals surface area (Å²) in [7, 11) is 0. The van der Waals surface area contributed by atoms with Gasteiger partial charge in [0.25, 0.3) is 0 Å². The number of terminal acetylenes is 1. The van der Waals surface area contributed by atoms with Gasteiger partial charge in [0.15, 0.2) is 0 Å². The van der Waals surface area contributed by atoms with E-state index in [1.54, 1.807) is 12.1 Å². The van der Waals surface area contributed by atoms with E-state index >= 15 is 0 Å². The summed E-state index contributed by atoms with van der Waals surface area (Å²) in [5, 5.41) is 8.76. The quantitative estimate of drug-likeness (QED) is 0.604. The lowest BCUT2D eigenvalue weighted by atomic mass is 10.2. The zero-order valence-corrected chi connectivity index (χ0v) is 8.62. The van der Waals surface area contributed by atoms with E-state index in [4.69, 9.17) is 5.11 Å². The molecule has 0 aliphatic carbocycles. The molecule has 0 atom stereocenters. The molecule has 0 fully saturated rings. The van der Waals surface area contributed by atoms with Crippen LogP contribution in [0.3, 0.4) is 0 Å². The van der Waals surface area contributed by atoms with Crippen molar-refractivity contribution in [2.45, 2.75) is 27.2 Å². The van der Waals surface area contributed by atoms with E-state index in [0.717, 1.165) is 0 Å². The Balaban J connectivity index is 0. The van der Waals surface area contributed by atoms with Crippen molar-refractivity contribution < 1.29 is 5.11 Å². The van der Waals surface area contributed by atoms with Crippen LogP contribution in [0.2, 0.25) is 0 Å². The first-order valence-corrected chi connectivity index (χ1v) is 4.29. The van der Waals surface area contributed by atoms with Gasteiger partial charge in [-0.2, -0.15) is 0 Å². The number of hydrogen-bond donors (Lipinski definition) is 1. The van der Waals surface area contributed by atoms with E-state index in [2.05, 4.69) is 26.7 Å². The zero-order chi connectivity index (χ0) is 10.7. The van der Waals surface area contributed by atoms with Gasteiger partial charge in [-0.05, 0) is 19.1 Å². The van der Waals surface area contributed by atoms with E-state index in [-0.39, 0.29) is 0 Å². The molecule has 1 aromatic carbocycles. The molecule has 0 heterocycles. The van der Waals surface area contributed by atoms with Crippen molar-refractivity contribution in [1.82, 2.24) is 0 Å². The van der Waals surface area contributed by atoms with Crippen molar-refractivity contribution in [3.63, 3.8) is 0 Å². The highest BCUT2D eigenvalue weighted by atomic mass is 16.3. The van der Waals surface area contributed by atoms with Gasteiger partial charge >= 0.3 is 0 Å². The highest BCUT2D eigenvalue weighted by molar-refractivity contribution is 5.24. The molecule has 0 amide bonds. The van der Waals surface area contributed by atoms with E-state index in [1.807, 2.05) is 19.1 Å². The Morgan fingerprint density at radius 3 is 1.62 bits per heavy atom. The minimum atomic E-state index is 0.329. The third-order valence-electron chi connectivity index (χ3n) is 1.03. The van der Waals surface area contributed by atoms with Crippen molar-refractivity contribution in [3.8, 4) is 18.6 Å². The lowest BCUT2D eigenvalue weighted by Gasteiger charge is -1.89. The first-order valence-electron chi connectivity index (χ1n) is 4.29. The Morgan fingerprint density at radius 2 is 1.38 bits per heavy atom. The standard InChI is InChI=1S/C7H8O.C3H8.C2H2/c1-6-2-4-7(8)5-3-6;1-3-2;1-2/h2-5,8H,1H3;3H2,1-2H3;1-2H. The predicted molar refractivity (Wildman–Crippen MR) is 58.7 cm³/mol. The molecular weight excluding hydrogens is 160 g/mol. The predicted octanol–water partition coefficient (Wildman–Crippen LogP) is 3.37. The van der Waals surface area contributed by atoms with Crippen LogP contribution < -0.4 is 0 Å². The van der Waals surface area contributed by atoms with Gasteiger partial charge in [0, 0.05) is 0 Å². The number of aromatic hydroxyl groups is 1. The van der Waals surface area contributed by atoms with E-state index in [0.29, 0.717) is 5.75 Å². The maximum absolute atomic E-state index is 8.76. The van der Waals surface area contributed by atoms with Gasteiger partial charge in [-0.25, -0.2) is 0 Å². The van der Waals surface area contributed by atoms with Crippen LogP contribution in [-0.2, 0) is 0 Å². The number of phenolic OH excluding ortho intramolecular Hbond substituents is 1. The lowest BCUT2D eigenvalue weighted by molar-refractivity contribution is 0.475. The fraction of sp³-hybridized carbons (Fsp3) is 0.333. The maximum atomic E-state index is 8.76. The smallest absolute Gasteiger partial charge is 0.115 e. The summed E-state index contributed by atoms with van der Waals surface area (Å²) >= 11 is 0. The molecule has 1 N–H and O–H groups in total. The van der Waals surface area contributed by atoms with Crippen LogP contribution in [0.25, 0.3) is 0 Å². The molecule has 0 radical (unpaired) electrons. The number of hydrogen-bond acceptors (Lipinski definition) is 1. The van der Waals surface area contributed by atoms with Gasteiger partial charge in [0.2, 0.25) is 0 Å². The number of phenols is 1. The molecule has 13 heavy (non-hydrogen) atoms. The minimum absolute atomic E-state index is 0.329. The molecule has 0 aliphatic rings. The molecule has 1 rings (SSSR count). The SMILES string of the molecule is C#C.CCC.Cc1ccc(O)cc1. The molecule has 0 bridgehead atoms. The molecule has 0 unspecified atom stereocenters. The first kappa shape index (κ1) is 14.1. The lowest BCUT2D eigenvalue weighted by Crippen LogP contribution is -1.66. The number of benzene rings is 1. The highest BCUT2D eigenvalue weighted by Crippen LogP contribution is 2.07. The van der Waals surface area contributed by atoms with Crippen LogP contribution in [0, 0.1) is 19.8 Å². The molecule has 1 aromatic rings. The Bertz CT molecular complexity index is 187. The van der Waals surface area contributed by atoms with Crippen LogP contribution in [0.5, 0.6) is 5.75 Å². The van der Waals surface area contributed by atoms with Gasteiger partial charge in [-0.1, -0.05) is 38.0 Å². The zero-order valence-electron chi connectivity index (χ0n) is 8.62. The fourth-order valence-corrected chi connectivity index (χ4v) is 0.545. The molecule has 72 valence electrons. The third kappa shape index (κ3) is 10.6. The van der Waals surface area contributed by atoms with E-state index < -0.39 is 0 Å². The summed E-state index contributed by atoms with van der Waals surface area (Å²) in [5.74, 6) is 0.329. The molecule has 1 nitrogen and oxygen atoms in total. The van der Waals surface area contributed by atoms with Crippen molar-refractivity contribution in [1.29, 1.82) is 0 Å². The summed E-state index contributed by atoms with van der Waals surface area (Å²) in [5.41, 5.74) is 1.17. The van der Waals surface area contributed by atoms with E-state index in [9.17, 15) is 0 Å². The molecule has 1 heteroatoms. The first-order chi connectivity index (χ1) is 6.20. The molecular formula is C12H18O. The van der Waals surface area contributed by atoms with Crippen molar-refractivity contribution in [3.05, 3.63) is 29.8 Å². The summed E-state index contributed by atoms with van der Waals surface area (Å²) in [6, 6.07) is 7.09. The van der Waals surface area contributed by atoms with Gasteiger partial charge in [0.1, 0.15) is 5.75 Å². The monoisotopic (exact) mass is 178 g/mol. The molecule has 0 aromatic heterocycles. The van der Waals surface area contributed by atoms with Gasteiger partial charge < -0.3 is 5.11 Å². The van der Waals surface area contributed by atoms with Crippen LogP contribution in [-0.4, -0.2) is 5.11 Å². The largest absolute Gasteiger partial charge is 0.508 e. The topological polar surface area (TPSA) is 20.2 Å². The molecule has 0 aliphatic heterocycles. The average Bonchev–Trinajstić information content (AvgIpc) is 2.15. The second kappa shape index (κ2) is 10.6. The Hall–Kier alpha value is -1.42. The molecule has 0 saturated heterocycles. The Labute approximate surface area is 81.4 Å². The second-order valence-electron chi connectivity index (χ2n) is 2.54. The minimum Gasteiger partial charge on any atom is -0.508 e. The molecule has 0 saturated carbocycles. The summed E-state index contributed by atoms with van der Waals surface area (Å²) in [6.45, 7) is 6.24. The normalized spacial score (nSPS) is 7.15.